The van der Waals surface area contributed by atoms with Gasteiger partial charge in [-0.1, -0.05) is 18.6 Å². The van der Waals surface area contributed by atoms with Crippen LogP contribution in [0.5, 0.6) is 0 Å². The van der Waals surface area contributed by atoms with Gasteiger partial charge in [-0.05, 0) is 31.9 Å². The van der Waals surface area contributed by atoms with Crippen molar-refractivity contribution < 1.29 is 23.9 Å². The van der Waals surface area contributed by atoms with E-state index in [9.17, 15) is 14.4 Å². The predicted molar refractivity (Wildman–Crippen MR) is 89.9 cm³/mol. The highest BCUT2D eigenvalue weighted by Gasteiger charge is 2.13. The zero-order chi connectivity index (χ0) is 17.8. The van der Waals surface area contributed by atoms with Crippen LogP contribution < -0.4 is 10.6 Å². The van der Waals surface area contributed by atoms with E-state index in [0.29, 0.717) is 24.2 Å². The summed E-state index contributed by atoms with van der Waals surface area (Å²) in [5.41, 5.74) is 0.715. The molecule has 0 saturated carbocycles. The van der Waals surface area contributed by atoms with Crippen molar-refractivity contribution in [3.8, 4) is 0 Å². The average Bonchev–Trinajstić information content (AvgIpc) is 2.58. The Morgan fingerprint density at radius 2 is 1.83 bits per heavy atom. The molecule has 1 aromatic rings. The lowest BCUT2D eigenvalue weighted by molar-refractivity contribution is -0.140. The number of nitrogens with one attached hydrogen (secondary N) is 2. The molecule has 1 aromatic carbocycles. The normalized spacial score (nSPS) is 9.92. The van der Waals surface area contributed by atoms with Gasteiger partial charge in [0.2, 0.25) is 0 Å². The zero-order valence-corrected chi connectivity index (χ0v) is 14.1. The monoisotopic (exact) mass is 336 g/mol. The van der Waals surface area contributed by atoms with Gasteiger partial charge in [-0.25, -0.2) is 9.59 Å². The third-order valence-corrected chi connectivity index (χ3v) is 3.24. The van der Waals surface area contributed by atoms with Crippen molar-refractivity contribution in [2.24, 2.45) is 0 Å². The summed E-state index contributed by atoms with van der Waals surface area (Å²) < 4.78 is 9.51. The topological polar surface area (TPSA) is 93.7 Å². The lowest BCUT2D eigenvalue weighted by atomic mass is 10.2. The summed E-state index contributed by atoms with van der Waals surface area (Å²) in [5, 5.41) is 5.36. The SMILES string of the molecule is CCOC(=O)c1ccccc1NC(=O)NCCCCCC(=O)OC. The van der Waals surface area contributed by atoms with Crippen LogP contribution in [0.15, 0.2) is 24.3 Å². The van der Waals surface area contributed by atoms with Gasteiger partial charge in [0.15, 0.2) is 0 Å². The van der Waals surface area contributed by atoms with Gasteiger partial charge < -0.3 is 20.1 Å². The number of urea groups is 1. The van der Waals surface area contributed by atoms with Crippen LogP contribution >= 0.6 is 0 Å². The summed E-state index contributed by atoms with van der Waals surface area (Å²) in [6.07, 6.45) is 2.68. The first-order valence-corrected chi connectivity index (χ1v) is 7.96. The van der Waals surface area contributed by atoms with Gasteiger partial charge in [0, 0.05) is 13.0 Å². The fourth-order valence-electron chi connectivity index (χ4n) is 2.02. The number of esters is 2. The fraction of sp³-hybridized carbons (Fsp3) is 0.471. The highest BCUT2D eigenvalue weighted by atomic mass is 16.5. The van der Waals surface area contributed by atoms with Crippen molar-refractivity contribution >= 4 is 23.7 Å². The molecule has 0 radical (unpaired) electrons. The van der Waals surface area contributed by atoms with Gasteiger partial charge in [0.1, 0.15) is 0 Å². The van der Waals surface area contributed by atoms with Crippen LogP contribution in [-0.4, -0.2) is 38.2 Å². The fourth-order valence-corrected chi connectivity index (χ4v) is 2.02. The van der Waals surface area contributed by atoms with Crippen molar-refractivity contribution in [2.75, 3.05) is 25.6 Å². The molecule has 0 atom stereocenters. The maximum Gasteiger partial charge on any atom is 0.340 e. The lowest BCUT2D eigenvalue weighted by Gasteiger charge is -2.11. The van der Waals surface area contributed by atoms with E-state index in [1.54, 1.807) is 31.2 Å². The molecule has 0 spiro atoms. The first-order chi connectivity index (χ1) is 11.6. The van der Waals surface area contributed by atoms with Gasteiger partial charge in [0.05, 0.1) is 25.0 Å². The molecule has 0 bridgehead atoms. The summed E-state index contributed by atoms with van der Waals surface area (Å²) in [7, 11) is 1.36. The number of methoxy groups -OCH3 is 1. The quantitative estimate of drug-likeness (QED) is 0.534. The number of hydrogen-bond donors (Lipinski definition) is 2. The first-order valence-electron chi connectivity index (χ1n) is 7.96. The van der Waals surface area contributed by atoms with Gasteiger partial charge in [0.25, 0.3) is 0 Å². The summed E-state index contributed by atoms with van der Waals surface area (Å²) in [6.45, 7) is 2.47. The largest absolute Gasteiger partial charge is 0.469 e. The molecule has 0 unspecified atom stereocenters. The Labute approximate surface area is 141 Å². The number of unbranched alkanes of at least 4 members (excludes halogenated alkanes) is 2. The molecule has 24 heavy (non-hydrogen) atoms. The van der Waals surface area contributed by atoms with Crippen LogP contribution in [0, 0.1) is 0 Å². The van der Waals surface area contributed by atoms with E-state index in [4.69, 9.17) is 4.74 Å². The van der Waals surface area contributed by atoms with E-state index < -0.39 is 5.97 Å². The van der Waals surface area contributed by atoms with E-state index in [2.05, 4.69) is 15.4 Å². The highest BCUT2D eigenvalue weighted by molar-refractivity contribution is 6.00. The minimum absolute atomic E-state index is 0.226. The molecule has 0 aliphatic carbocycles. The molecule has 0 saturated heterocycles. The molecule has 2 N–H and O–H groups in total. The number of hydrogen-bond acceptors (Lipinski definition) is 5. The number of ether oxygens (including phenoxy) is 2. The smallest absolute Gasteiger partial charge is 0.340 e. The molecule has 2 amide bonds. The molecule has 132 valence electrons. The maximum absolute atomic E-state index is 11.9. The Bertz CT molecular complexity index is 560. The van der Waals surface area contributed by atoms with Crippen molar-refractivity contribution in [1.82, 2.24) is 5.32 Å². The molecule has 1 rings (SSSR count). The second-order valence-corrected chi connectivity index (χ2v) is 5.03. The molecule has 7 heteroatoms. The molecular formula is C17H24N2O5. The lowest BCUT2D eigenvalue weighted by Crippen LogP contribution is -2.30. The molecule has 0 aromatic heterocycles. The van der Waals surface area contributed by atoms with Crippen LogP contribution in [0.2, 0.25) is 0 Å². The number of rotatable bonds is 9. The number of benzene rings is 1. The molecular weight excluding hydrogens is 312 g/mol. The molecule has 0 fully saturated rings. The number of amides is 2. The number of anilines is 1. The first kappa shape index (κ1) is 19.5. The number of para-hydroxylation sites is 1. The van der Waals surface area contributed by atoms with Crippen molar-refractivity contribution in [3.05, 3.63) is 29.8 Å². The van der Waals surface area contributed by atoms with E-state index >= 15 is 0 Å². The maximum atomic E-state index is 11.9. The highest BCUT2D eigenvalue weighted by Crippen LogP contribution is 2.16. The van der Waals surface area contributed by atoms with Gasteiger partial charge in [-0.15, -0.1) is 0 Å². The van der Waals surface area contributed by atoms with Gasteiger partial charge in [-0.2, -0.15) is 0 Å². The van der Waals surface area contributed by atoms with Gasteiger partial charge in [-0.3, -0.25) is 4.79 Å². The van der Waals surface area contributed by atoms with Crippen LogP contribution in [0.3, 0.4) is 0 Å². The molecule has 7 nitrogen and oxygen atoms in total. The summed E-state index contributed by atoms with van der Waals surface area (Å²) in [5.74, 6) is -0.701. The minimum atomic E-state index is -0.476. The van der Waals surface area contributed by atoms with E-state index in [-0.39, 0.29) is 18.6 Å². The zero-order valence-electron chi connectivity index (χ0n) is 14.1. The molecule has 0 aliphatic rings. The van der Waals surface area contributed by atoms with Crippen molar-refractivity contribution in [2.45, 2.75) is 32.6 Å². The van der Waals surface area contributed by atoms with E-state index in [0.717, 1.165) is 19.3 Å². The standard InChI is InChI=1S/C17H24N2O5/c1-3-24-16(21)13-9-6-7-10-14(13)19-17(22)18-12-8-4-5-11-15(20)23-2/h6-7,9-10H,3-5,8,11-12H2,1-2H3,(H2,18,19,22). The Kier molecular flexibility index (Phi) is 8.96. The van der Waals surface area contributed by atoms with Crippen molar-refractivity contribution in [3.63, 3.8) is 0 Å². The summed E-state index contributed by atoms with van der Waals surface area (Å²) >= 11 is 0. The summed E-state index contributed by atoms with van der Waals surface area (Å²) in [6, 6.07) is 6.28. The number of carbonyl (C=O) groups excluding carboxylic acids is 3. The Balaban J connectivity index is 2.35. The van der Waals surface area contributed by atoms with E-state index in [1.807, 2.05) is 0 Å². The van der Waals surface area contributed by atoms with Crippen LogP contribution in [-0.2, 0) is 14.3 Å². The minimum Gasteiger partial charge on any atom is -0.469 e. The Morgan fingerprint density at radius 1 is 1.08 bits per heavy atom. The second kappa shape index (κ2) is 11.0. The second-order valence-electron chi connectivity index (χ2n) is 5.03. The van der Waals surface area contributed by atoms with Crippen LogP contribution in [0.4, 0.5) is 10.5 Å². The van der Waals surface area contributed by atoms with E-state index in [1.165, 1.54) is 7.11 Å². The van der Waals surface area contributed by atoms with Crippen LogP contribution in [0.1, 0.15) is 43.0 Å². The Hall–Kier alpha value is -2.57. The van der Waals surface area contributed by atoms with Crippen LogP contribution in [0.25, 0.3) is 0 Å². The number of carbonyl (C=O) groups is 3. The predicted octanol–water partition coefficient (Wildman–Crippen LogP) is 2.72. The summed E-state index contributed by atoms with van der Waals surface area (Å²) in [4.78, 5) is 34.7. The third-order valence-electron chi connectivity index (χ3n) is 3.24. The van der Waals surface area contributed by atoms with Crippen molar-refractivity contribution in [1.29, 1.82) is 0 Å². The Morgan fingerprint density at radius 3 is 2.54 bits per heavy atom. The molecule has 0 aliphatic heterocycles. The average molecular weight is 336 g/mol. The molecule has 0 heterocycles. The third kappa shape index (κ3) is 7.13. The van der Waals surface area contributed by atoms with Gasteiger partial charge >= 0.3 is 18.0 Å².